The maximum Gasteiger partial charge on any atom is 0.306 e. The van der Waals surface area contributed by atoms with E-state index in [4.69, 9.17) is 16.3 Å². The van der Waals surface area contributed by atoms with Gasteiger partial charge in [-0.25, -0.2) is 0 Å². The van der Waals surface area contributed by atoms with Crippen LogP contribution in [-0.4, -0.2) is 40.2 Å². The molecule has 0 aromatic heterocycles. The molecule has 0 radical (unpaired) electrons. The topological polar surface area (TPSA) is 80.7 Å². The van der Waals surface area contributed by atoms with Crippen LogP contribution >= 0.6 is 11.6 Å². The number of allylic oxidation sites excluding steroid dienone is 5. The van der Waals surface area contributed by atoms with E-state index in [9.17, 15) is 19.5 Å². The van der Waals surface area contributed by atoms with Crippen molar-refractivity contribution in [1.29, 1.82) is 0 Å². The number of aliphatic hydroxyl groups excluding tert-OH is 1. The van der Waals surface area contributed by atoms with Crippen molar-refractivity contribution in [2.24, 2.45) is 16.7 Å². The lowest BCUT2D eigenvalue weighted by molar-refractivity contribution is -0.183. The fourth-order valence-corrected chi connectivity index (χ4v) is 6.86. The molecule has 5 nitrogen and oxygen atoms in total. The highest BCUT2D eigenvalue weighted by molar-refractivity contribution is 6.29. The number of fused-ring (bicyclic) bond motifs is 4. The summed E-state index contributed by atoms with van der Waals surface area (Å²) in [5, 5.41) is 11.4. The maximum absolute atomic E-state index is 13.1. The first kappa shape index (κ1) is 21.5. The van der Waals surface area contributed by atoms with E-state index in [0.29, 0.717) is 19.3 Å². The van der Waals surface area contributed by atoms with Gasteiger partial charge in [-0.2, -0.15) is 0 Å². The van der Waals surface area contributed by atoms with Gasteiger partial charge in [0.25, 0.3) is 0 Å². The van der Waals surface area contributed by atoms with E-state index in [2.05, 4.69) is 6.92 Å². The molecule has 0 saturated heterocycles. The Hall–Kier alpha value is -1.72. The largest absolute Gasteiger partial charge is 0.450 e. The first-order valence-electron chi connectivity index (χ1n) is 10.8. The van der Waals surface area contributed by atoms with Gasteiger partial charge < -0.3 is 9.84 Å². The first-order chi connectivity index (χ1) is 14.1. The Morgan fingerprint density at radius 3 is 2.70 bits per heavy atom. The molecule has 0 spiro atoms. The number of rotatable bonds is 4. The predicted octanol–water partition coefficient (Wildman–Crippen LogP) is 3.83. The van der Waals surface area contributed by atoms with Crippen molar-refractivity contribution in [2.75, 3.05) is 5.88 Å². The summed E-state index contributed by atoms with van der Waals surface area (Å²) in [6.45, 7) is 5.74. The normalized spacial score (nSPS) is 39.8. The molecule has 162 valence electrons. The number of aliphatic hydroxyl groups is 1. The van der Waals surface area contributed by atoms with Crippen LogP contribution in [0.15, 0.2) is 34.9 Å². The summed E-state index contributed by atoms with van der Waals surface area (Å²) in [6.07, 6.45) is 7.52. The molecule has 0 amide bonds. The molecule has 30 heavy (non-hydrogen) atoms. The van der Waals surface area contributed by atoms with Gasteiger partial charge in [0.05, 0.1) is 12.0 Å². The molecule has 0 heterocycles. The smallest absolute Gasteiger partial charge is 0.306 e. The third kappa shape index (κ3) is 2.74. The molecule has 4 rings (SSSR count). The zero-order chi connectivity index (χ0) is 21.9. The number of hydrogen-bond donors (Lipinski definition) is 1. The lowest BCUT2D eigenvalue weighted by atomic mass is 9.52. The summed E-state index contributed by atoms with van der Waals surface area (Å²) in [4.78, 5) is 37.3. The molecular formula is C24H29ClO5. The minimum absolute atomic E-state index is 0.0132. The Bertz CT molecular complexity index is 915. The molecule has 4 aliphatic carbocycles. The van der Waals surface area contributed by atoms with Crippen LogP contribution < -0.4 is 0 Å². The second kappa shape index (κ2) is 7.16. The number of esters is 1. The van der Waals surface area contributed by atoms with E-state index >= 15 is 0 Å². The Morgan fingerprint density at radius 2 is 2.03 bits per heavy atom. The molecule has 0 bridgehead atoms. The summed E-state index contributed by atoms with van der Waals surface area (Å²) in [5.74, 6) is -0.911. The number of ketones is 2. The molecule has 0 aromatic carbocycles. The van der Waals surface area contributed by atoms with Gasteiger partial charge in [-0.15, -0.1) is 11.6 Å². The summed E-state index contributed by atoms with van der Waals surface area (Å²) in [7, 11) is 0. The van der Waals surface area contributed by atoms with Crippen molar-refractivity contribution in [3.05, 3.63) is 34.9 Å². The van der Waals surface area contributed by atoms with Crippen molar-refractivity contribution < 1.29 is 24.2 Å². The third-order valence-corrected chi connectivity index (χ3v) is 8.37. The van der Waals surface area contributed by atoms with E-state index < -0.39 is 28.5 Å². The average molecular weight is 433 g/mol. The predicted molar refractivity (Wildman–Crippen MR) is 113 cm³/mol. The molecule has 5 atom stereocenters. The average Bonchev–Trinajstić information content (AvgIpc) is 3.00. The summed E-state index contributed by atoms with van der Waals surface area (Å²) < 4.78 is 5.87. The van der Waals surface area contributed by atoms with E-state index in [0.717, 1.165) is 29.6 Å². The molecule has 1 fully saturated rings. The summed E-state index contributed by atoms with van der Waals surface area (Å²) in [5.41, 5.74) is 0.656. The number of hydrogen-bond acceptors (Lipinski definition) is 5. The Kier molecular flexibility index (Phi) is 5.14. The number of halogens is 1. The van der Waals surface area contributed by atoms with Crippen molar-refractivity contribution in [1.82, 2.24) is 0 Å². The minimum Gasteiger partial charge on any atom is -0.450 e. The Morgan fingerprint density at radius 1 is 1.30 bits per heavy atom. The number of carbonyl (C=O) groups excluding carboxylic acids is 3. The molecule has 1 N–H and O–H groups in total. The highest BCUT2D eigenvalue weighted by Crippen LogP contribution is 2.65. The van der Waals surface area contributed by atoms with Gasteiger partial charge in [0.1, 0.15) is 0 Å². The quantitative estimate of drug-likeness (QED) is 0.415. The summed E-state index contributed by atoms with van der Waals surface area (Å²) >= 11 is 5.98. The van der Waals surface area contributed by atoms with Crippen molar-refractivity contribution in [3.63, 3.8) is 0 Å². The maximum atomic E-state index is 13.1. The van der Waals surface area contributed by atoms with Gasteiger partial charge in [0, 0.05) is 17.3 Å². The zero-order valence-electron chi connectivity index (χ0n) is 17.8. The van der Waals surface area contributed by atoms with Crippen LogP contribution in [0.25, 0.3) is 0 Å². The third-order valence-electron chi connectivity index (χ3n) is 8.13. The zero-order valence-corrected chi connectivity index (χ0v) is 18.6. The second-order valence-corrected chi connectivity index (χ2v) is 9.75. The standard InChI is InChI=1S/C24H29ClO5/c1-4-20(29)30-24(19(28)13-25)10-8-17-16-6-5-14-11-15(26)7-9-22(14,2)21(16)18(27)12-23(17,24)3/h7,9,11,17-18,27H,4-6,8,10,12-13H2,1-3H3/t17-,18?,22-,23-,24-/m0/s1. The number of ether oxygens (including phenoxy) is 1. The number of carbonyl (C=O) groups is 3. The van der Waals surface area contributed by atoms with E-state index in [1.54, 1.807) is 19.1 Å². The molecule has 6 heteroatoms. The van der Waals surface area contributed by atoms with Gasteiger partial charge in [-0.1, -0.05) is 31.1 Å². The lowest BCUT2D eigenvalue weighted by Gasteiger charge is -2.53. The monoisotopic (exact) mass is 432 g/mol. The van der Waals surface area contributed by atoms with E-state index in [1.165, 1.54) is 0 Å². The molecule has 1 unspecified atom stereocenters. The van der Waals surface area contributed by atoms with Crippen LogP contribution in [0.3, 0.4) is 0 Å². The molecule has 0 aliphatic heterocycles. The fourth-order valence-electron chi connectivity index (χ4n) is 6.64. The number of alkyl halides is 1. The van der Waals surface area contributed by atoms with E-state index in [1.807, 2.05) is 13.0 Å². The van der Waals surface area contributed by atoms with Crippen LogP contribution in [0.2, 0.25) is 0 Å². The van der Waals surface area contributed by atoms with Gasteiger partial charge in [-0.3, -0.25) is 14.4 Å². The van der Waals surface area contributed by atoms with Gasteiger partial charge in [-0.05, 0) is 62.7 Å². The summed E-state index contributed by atoms with van der Waals surface area (Å²) in [6, 6.07) is 0. The molecule has 4 aliphatic rings. The Labute approximate surface area is 182 Å². The molecular weight excluding hydrogens is 404 g/mol. The van der Waals surface area contributed by atoms with Crippen molar-refractivity contribution in [2.45, 2.75) is 71.0 Å². The van der Waals surface area contributed by atoms with E-state index in [-0.39, 0.29) is 29.8 Å². The van der Waals surface area contributed by atoms with Gasteiger partial charge in [0.15, 0.2) is 17.2 Å². The number of Topliss-reactive ketones (excluding diaryl/α,β-unsaturated/α-hetero) is 1. The first-order valence-corrected chi connectivity index (χ1v) is 11.3. The van der Waals surface area contributed by atoms with Crippen LogP contribution in [0.4, 0.5) is 0 Å². The molecule has 1 saturated carbocycles. The van der Waals surface area contributed by atoms with Crippen LogP contribution in [0.5, 0.6) is 0 Å². The fraction of sp³-hybridized carbons (Fsp3) is 0.625. The molecule has 0 aromatic rings. The van der Waals surface area contributed by atoms with Gasteiger partial charge >= 0.3 is 5.97 Å². The van der Waals surface area contributed by atoms with Gasteiger partial charge in [0.2, 0.25) is 0 Å². The minimum atomic E-state index is -1.30. The SMILES string of the molecule is CCC(=O)O[C@]1(C(=O)CCl)CC[C@H]2C3=C(C(O)C[C@@]21C)[C@@]1(C)C=CC(=O)C=C1CC3. The van der Waals surface area contributed by atoms with Crippen LogP contribution in [0, 0.1) is 16.7 Å². The lowest BCUT2D eigenvalue weighted by Crippen LogP contribution is -2.58. The van der Waals surface area contributed by atoms with Crippen molar-refractivity contribution in [3.8, 4) is 0 Å². The Balaban J connectivity index is 1.84. The highest BCUT2D eigenvalue weighted by atomic mass is 35.5. The van der Waals surface area contributed by atoms with Crippen LogP contribution in [-0.2, 0) is 19.1 Å². The van der Waals surface area contributed by atoms with Crippen LogP contribution in [0.1, 0.15) is 59.3 Å². The highest BCUT2D eigenvalue weighted by Gasteiger charge is 2.67. The van der Waals surface area contributed by atoms with Crippen molar-refractivity contribution >= 4 is 29.1 Å². The second-order valence-electron chi connectivity index (χ2n) is 9.49.